The van der Waals surface area contributed by atoms with E-state index in [9.17, 15) is 13.6 Å². The third-order valence-corrected chi connectivity index (χ3v) is 5.32. The second kappa shape index (κ2) is 7.83. The highest BCUT2D eigenvalue weighted by molar-refractivity contribution is 5.89. The molecule has 1 fully saturated rings. The molecule has 1 N–H and O–H groups in total. The van der Waals surface area contributed by atoms with Crippen LogP contribution in [0.4, 0.5) is 19.3 Å². The number of anilines is 1. The predicted octanol–water partition coefficient (Wildman–Crippen LogP) is 3.37. The monoisotopic (exact) mass is 391 g/mol. The second-order valence-corrected chi connectivity index (χ2v) is 7.42. The Morgan fingerprint density at radius 3 is 2.71 bits per heavy atom. The van der Waals surface area contributed by atoms with Crippen molar-refractivity contribution in [3.63, 3.8) is 0 Å². The molecule has 2 amide bonds. The molecule has 0 atom stereocenters. The number of hydrogen-bond acceptors (Lipinski definition) is 5. The first-order valence-electron chi connectivity index (χ1n) is 9.46. The molecule has 2 aromatic rings. The number of likely N-dealkylation sites (tertiary alicyclic amines) is 1. The Kier molecular flexibility index (Phi) is 5.25. The maximum absolute atomic E-state index is 12.6. The molecule has 1 aromatic carbocycles. The van der Waals surface area contributed by atoms with E-state index in [1.54, 1.807) is 16.7 Å². The zero-order valence-electron chi connectivity index (χ0n) is 15.7. The van der Waals surface area contributed by atoms with Gasteiger partial charge in [-0.15, -0.1) is 0 Å². The number of fused-ring (bicyclic) bond motifs is 1. The van der Waals surface area contributed by atoms with Crippen LogP contribution in [-0.4, -0.2) is 52.0 Å². The van der Waals surface area contributed by atoms with Crippen LogP contribution >= 0.6 is 0 Å². The summed E-state index contributed by atoms with van der Waals surface area (Å²) in [7, 11) is 0. The average Bonchev–Trinajstić information content (AvgIpc) is 3.26. The number of hydrogen-bond donors (Lipinski definition) is 1. The van der Waals surface area contributed by atoms with Crippen LogP contribution in [0.25, 0.3) is 0 Å². The minimum Gasteiger partial charge on any atom is -0.339 e. The topological polar surface area (TPSA) is 74.5 Å². The Morgan fingerprint density at radius 2 is 2.04 bits per heavy atom. The van der Waals surface area contributed by atoms with Crippen LogP contribution < -0.4 is 5.32 Å². The van der Waals surface area contributed by atoms with Crippen molar-refractivity contribution in [3.05, 3.63) is 41.0 Å². The molecular formula is C19H23F2N5O2. The second-order valence-electron chi connectivity index (χ2n) is 7.42. The van der Waals surface area contributed by atoms with Gasteiger partial charge in [0.2, 0.25) is 5.89 Å². The van der Waals surface area contributed by atoms with Crippen LogP contribution in [0.3, 0.4) is 0 Å². The van der Waals surface area contributed by atoms with Crippen LogP contribution in [0.5, 0.6) is 0 Å². The lowest BCUT2D eigenvalue weighted by molar-refractivity contribution is 0.0873. The molecule has 0 saturated carbocycles. The third-order valence-electron chi connectivity index (χ3n) is 5.32. The summed E-state index contributed by atoms with van der Waals surface area (Å²) in [6.45, 7) is 3.80. The van der Waals surface area contributed by atoms with Crippen LogP contribution in [0.2, 0.25) is 0 Å². The van der Waals surface area contributed by atoms with E-state index < -0.39 is 6.43 Å². The van der Waals surface area contributed by atoms with Gasteiger partial charge in [0, 0.05) is 37.8 Å². The number of rotatable bonds is 4. The number of carbonyl (C=O) groups is 1. The van der Waals surface area contributed by atoms with Crippen LogP contribution in [0.15, 0.2) is 22.7 Å². The van der Waals surface area contributed by atoms with Crippen molar-refractivity contribution in [2.24, 2.45) is 0 Å². The van der Waals surface area contributed by atoms with Gasteiger partial charge in [-0.3, -0.25) is 4.90 Å². The van der Waals surface area contributed by atoms with Crippen molar-refractivity contribution in [3.8, 4) is 0 Å². The number of amides is 2. The van der Waals surface area contributed by atoms with Gasteiger partial charge in [0.15, 0.2) is 5.82 Å². The number of aryl methyl sites for hydroxylation is 1. The van der Waals surface area contributed by atoms with Crippen molar-refractivity contribution in [1.29, 1.82) is 0 Å². The fourth-order valence-electron chi connectivity index (χ4n) is 3.88. The molecule has 2 aliphatic rings. The summed E-state index contributed by atoms with van der Waals surface area (Å²) in [6.07, 6.45) is -0.781. The minimum atomic E-state index is -2.34. The van der Waals surface area contributed by atoms with Crippen LogP contribution in [0, 0.1) is 6.92 Å². The van der Waals surface area contributed by atoms with Crippen molar-refractivity contribution in [2.45, 2.75) is 45.2 Å². The predicted molar refractivity (Wildman–Crippen MR) is 98.2 cm³/mol. The van der Waals surface area contributed by atoms with Gasteiger partial charge in [0.05, 0.1) is 6.54 Å². The summed E-state index contributed by atoms with van der Waals surface area (Å²) >= 11 is 0. The number of nitrogens with one attached hydrogen (secondary N) is 1. The molecule has 1 aromatic heterocycles. The number of carbonyl (C=O) groups excluding carboxylic acids is 1. The average molecular weight is 391 g/mol. The smallest absolute Gasteiger partial charge is 0.321 e. The Balaban J connectivity index is 1.31. The molecule has 0 aliphatic carbocycles. The molecule has 0 radical (unpaired) electrons. The fourth-order valence-corrected chi connectivity index (χ4v) is 3.88. The Morgan fingerprint density at radius 1 is 1.29 bits per heavy atom. The normalized spacial score (nSPS) is 17.9. The van der Waals surface area contributed by atoms with Gasteiger partial charge >= 0.3 is 6.03 Å². The van der Waals surface area contributed by atoms with E-state index in [2.05, 4.69) is 15.5 Å². The number of urea groups is 1. The van der Waals surface area contributed by atoms with E-state index in [0.29, 0.717) is 43.6 Å². The van der Waals surface area contributed by atoms with E-state index >= 15 is 0 Å². The van der Waals surface area contributed by atoms with Gasteiger partial charge in [0.25, 0.3) is 6.43 Å². The number of alkyl halides is 2. The van der Waals surface area contributed by atoms with Crippen molar-refractivity contribution < 1.29 is 18.1 Å². The van der Waals surface area contributed by atoms with Crippen molar-refractivity contribution in [2.75, 3.05) is 25.0 Å². The summed E-state index contributed by atoms with van der Waals surface area (Å²) < 4.78 is 30.4. The molecule has 0 spiro atoms. The molecule has 0 bridgehead atoms. The first-order chi connectivity index (χ1) is 13.5. The van der Waals surface area contributed by atoms with E-state index in [-0.39, 0.29) is 18.5 Å². The zero-order chi connectivity index (χ0) is 19.7. The minimum absolute atomic E-state index is 0.150. The molecule has 9 heteroatoms. The first kappa shape index (κ1) is 18.8. The lowest BCUT2D eigenvalue weighted by atomic mass is 9.97. The van der Waals surface area contributed by atoms with Gasteiger partial charge < -0.3 is 14.7 Å². The van der Waals surface area contributed by atoms with Gasteiger partial charge in [-0.05, 0) is 43.0 Å². The summed E-state index contributed by atoms with van der Waals surface area (Å²) in [5.41, 5.74) is 2.72. The van der Waals surface area contributed by atoms with Gasteiger partial charge in [-0.25, -0.2) is 13.6 Å². The Hall–Kier alpha value is -2.55. The number of aromatic nitrogens is 2. The molecule has 4 rings (SSSR count). The largest absolute Gasteiger partial charge is 0.339 e. The molecule has 0 unspecified atom stereocenters. The van der Waals surface area contributed by atoms with Crippen molar-refractivity contribution >= 4 is 11.7 Å². The maximum atomic E-state index is 12.6. The lowest BCUT2D eigenvalue weighted by Crippen LogP contribution is -2.40. The highest BCUT2D eigenvalue weighted by atomic mass is 19.3. The van der Waals surface area contributed by atoms with Crippen molar-refractivity contribution in [1.82, 2.24) is 19.9 Å². The molecule has 150 valence electrons. The van der Waals surface area contributed by atoms with Gasteiger partial charge in [0.1, 0.15) is 0 Å². The molecule has 7 nitrogen and oxygen atoms in total. The highest BCUT2D eigenvalue weighted by Gasteiger charge is 2.28. The molecule has 2 aliphatic heterocycles. The molecule has 3 heterocycles. The Labute approximate surface area is 161 Å². The molecule has 1 saturated heterocycles. The summed E-state index contributed by atoms with van der Waals surface area (Å²) in [6, 6.07) is 5.46. The number of piperidine rings is 1. The maximum Gasteiger partial charge on any atom is 0.321 e. The summed E-state index contributed by atoms with van der Waals surface area (Å²) in [5, 5.41) is 6.75. The molecular weight excluding hydrogens is 368 g/mol. The Bertz CT molecular complexity index is 849. The van der Waals surface area contributed by atoms with Crippen LogP contribution in [0.1, 0.15) is 41.6 Å². The highest BCUT2D eigenvalue weighted by Crippen LogP contribution is 2.28. The number of halogens is 2. The fraction of sp³-hybridized carbons (Fsp3) is 0.526. The molecule has 28 heavy (non-hydrogen) atoms. The van der Waals surface area contributed by atoms with Crippen LogP contribution in [-0.2, 0) is 13.1 Å². The quantitative estimate of drug-likeness (QED) is 0.865. The van der Waals surface area contributed by atoms with E-state index in [1.807, 2.05) is 18.2 Å². The number of benzene rings is 1. The van der Waals surface area contributed by atoms with E-state index in [4.69, 9.17) is 4.52 Å². The number of nitrogens with zero attached hydrogens (tertiary/aromatic N) is 4. The summed E-state index contributed by atoms with van der Waals surface area (Å²) in [5.74, 6) is 1.45. The van der Waals surface area contributed by atoms with Gasteiger partial charge in [-0.2, -0.15) is 4.98 Å². The standard InChI is InChI=1S/C19H23F2N5O2/c1-12-22-18(28-24-12)13-4-6-26(7-5-13)19(27)23-16-3-2-14-9-25(11-17(20)21)10-15(14)8-16/h2-3,8,13,17H,4-7,9-11H2,1H3,(H,23,27). The third kappa shape index (κ3) is 4.14. The first-order valence-corrected chi connectivity index (χ1v) is 9.46. The SMILES string of the molecule is Cc1noc(C2CCN(C(=O)Nc3ccc4c(c3)CN(CC(F)F)C4)CC2)n1. The lowest BCUT2D eigenvalue weighted by Gasteiger charge is -2.30. The van der Waals surface area contributed by atoms with E-state index in [0.717, 1.165) is 24.0 Å². The zero-order valence-corrected chi connectivity index (χ0v) is 15.7. The van der Waals surface area contributed by atoms with E-state index in [1.165, 1.54) is 0 Å². The van der Waals surface area contributed by atoms with Gasteiger partial charge in [-0.1, -0.05) is 11.2 Å². The summed E-state index contributed by atoms with van der Waals surface area (Å²) in [4.78, 5) is 20.3.